The number of aromatic nitrogens is 1. The van der Waals surface area contributed by atoms with Crippen molar-refractivity contribution in [3.8, 4) is 0 Å². The number of nitrogens with one attached hydrogen (secondary N) is 1. The van der Waals surface area contributed by atoms with Crippen molar-refractivity contribution in [2.24, 2.45) is 0 Å². The van der Waals surface area contributed by atoms with E-state index >= 15 is 0 Å². The molecule has 94 valence electrons. The third kappa shape index (κ3) is 1.70. The number of hydrogen-bond donors (Lipinski definition) is 1. The number of rotatable bonds is 1. The van der Waals surface area contributed by atoms with Crippen LogP contribution in [0.4, 0.5) is 5.69 Å². The van der Waals surface area contributed by atoms with Crippen LogP contribution < -0.4 is 5.32 Å². The first-order chi connectivity index (χ1) is 9.31. The molecule has 4 rings (SSSR count). The highest BCUT2D eigenvalue weighted by Crippen LogP contribution is 2.35. The van der Waals surface area contributed by atoms with E-state index in [1.54, 1.807) is 0 Å². The fourth-order valence-corrected chi connectivity index (χ4v) is 2.74. The Hall–Kier alpha value is -2.00. The Morgan fingerprint density at radius 3 is 2.89 bits per heavy atom. The first-order valence-electron chi connectivity index (χ1n) is 6.20. The molecule has 2 aromatic carbocycles. The molecule has 0 radical (unpaired) electrons. The Labute approximate surface area is 115 Å². The van der Waals surface area contributed by atoms with Gasteiger partial charge in [-0.25, -0.2) is 4.98 Å². The maximum absolute atomic E-state index is 6.11. The quantitative estimate of drug-likeness (QED) is 0.720. The van der Waals surface area contributed by atoms with E-state index in [9.17, 15) is 0 Å². The Morgan fingerprint density at radius 2 is 2.05 bits per heavy atom. The molecule has 1 atom stereocenters. The number of anilines is 1. The Balaban J connectivity index is 1.75. The lowest BCUT2D eigenvalue weighted by Crippen LogP contribution is -2.05. The second-order valence-corrected chi connectivity index (χ2v) is 5.11. The summed E-state index contributed by atoms with van der Waals surface area (Å²) in [6.07, 6.45) is 0.889. The summed E-state index contributed by atoms with van der Waals surface area (Å²) in [7, 11) is 0. The summed E-state index contributed by atoms with van der Waals surface area (Å²) in [4.78, 5) is 4.52. The number of para-hydroxylation sites is 2. The first-order valence-corrected chi connectivity index (χ1v) is 6.58. The van der Waals surface area contributed by atoms with Gasteiger partial charge in [0.15, 0.2) is 5.58 Å². The SMILES string of the molecule is Clc1cccc2nc(C3Cc4ccccc4N3)oc12. The van der Waals surface area contributed by atoms with Crippen molar-refractivity contribution in [3.05, 3.63) is 58.9 Å². The van der Waals surface area contributed by atoms with Crippen molar-refractivity contribution in [2.45, 2.75) is 12.5 Å². The van der Waals surface area contributed by atoms with Gasteiger partial charge in [0, 0.05) is 12.1 Å². The first kappa shape index (κ1) is 10.9. The van der Waals surface area contributed by atoms with Gasteiger partial charge in [0.05, 0.1) is 5.02 Å². The van der Waals surface area contributed by atoms with Crippen LogP contribution in [0.3, 0.4) is 0 Å². The molecule has 1 N–H and O–H groups in total. The van der Waals surface area contributed by atoms with E-state index in [2.05, 4.69) is 22.4 Å². The molecule has 1 aliphatic heterocycles. The number of oxazole rings is 1. The number of nitrogens with zero attached hydrogens (tertiary/aromatic N) is 1. The molecule has 1 aliphatic rings. The third-order valence-corrected chi connectivity index (χ3v) is 3.75. The highest BCUT2D eigenvalue weighted by atomic mass is 35.5. The lowest BCUT2D eigenvalue weighted by Gasteiger charge is -2.05. The van der Waals surface area contributed by atoms with E-state index in [1.165, 1.54) is 5.56 Å². The van der Waals surface area contributed by atoms with Crippen molar-refractivity contribution < 1.29 is 4.42 Å². The zero-order valence-corrected chi connectivity index (χ0v) is 10.8. The molecule has 1 unspecified atom stereocenters. The Morgan fingerprint density at radius 1 is 1.16 bits per heavy atom. The predicted molar refractivity (Wildman–Crippen MR) is 75.5 cm³/mol. The number of benzene rings is 2. The summed E-state index contributed by atoms with van der Waals surface area (Å²) in [6.45, 7) is 0. The minimum atomic E-state index is 0.0841. The van der Waals surface area contributed by atoms with Gasteiger partial charge >= 0.3 is 0 Å². The van der Waals surface area contributed by atoms with Gasteiger partial charge in [0.2, 0.25) is 5.89 Å². The van der Waals surface area contributed by atoms with Crippen LogP contribution in [0.5, 0.6) is 0 Å². The summed E-state index contributed by atoms with van der Waals surface area (Å²) in [5, 5.41) is 4.04. The van der Waals surface area contributed by atoms with Gasteiger partial charge in [-0.15, -0.1) is 0 Å². The maximum atomic E-state index is 6.11. The molecular weight excluding hydrogens is 260 g/mol. The van der Waals surface area contributed by atoms with Crippen molar-refractivity contribution in [2.75, 3.05) is 5.32 Å². The molecule has 2 heterocycles. The van der Waals surface area contributed by atoms with E-state index in [0.717, 1.165) is 17.6 Å². The smallest absolute Gasteiger partial charge is 0.218 e. The average Bonchev–Trinajstić information content (AvgIpc) is 3.02. The topological polar surface area (TPSA) is 38.1 Å². The summed E-state index contributed by atoms with van der Waals surface area (Å²) in [5.74, 6) is 0.694. The third-order valence-electron chi connectivity index (χ3n) is 3.45. The molecular formula is C15H11ClN2O. The van der Waals surface area contributed by atoms with E-state index in [0.29, 0.717) is 16.5 Å². The molecule has 19 heavy (non-hydrogen) atoms. The molecule has 0 spiro atoms. The molecule has 0 aliphatic carbocycles. The van der Waals surface area contributed by atoms with Gasteiger partial charge in [0.1, 0.15) is 11.6 Å². The largest absolute Gasteiger partial charge is 0.437 e. The Kier molecular flexibility index (Phi) is 2.29. The van der Waals surface area contributed by atoms with E-state index in [4.69, 9.17) is 16.0 Å². The van der Waals surface area contributed by atoms with E-state index in [-0.39, 0.29) is 6.04 Å². The molecule has 0 saturated carbocycles. The standard InChI is InChI=1S/C15H11ClN2O/c16-10-5-3-7-12-14(10)19-15(18-12)13-8-9-4-1-2-6-11(9)17-13/h1-7,13,17H,8H2. The zero-order chi connectivity index (χ0) is 12.8. The normalized spacial score (nSPS) is 17.4. The highest BCUT2D eigenvalue weighted by Gasteiger charge is 2.26. The molecule has 0 bridgehead atoms. The van der Waals surface area contributed by atoms with Crippen LogP contribution in [0, 0.1) is 0 Å². The number of fused-ring (bicyclic) bond motifs is 2. The molecule has 3 nitrogen and oxygen atoms in total. The average molecular weight is 271 g/mol. The Bertz CT molecular complexity index is 741. The maximum Gasteiger partial charge on any atom is 0.218 e. The minimum absolute atomic E-state index is 0.0841. The molecule has 0 amide bonds. The lowest BCUT2D eigenvalue weighted by molar-refractivity contribution is 0.497. The summed E-state index contributed by atoms with van der Waals surface area (Å²) in [5.41, 5.74) is 3.92. The van der Waals surface area contributed by atoms with Crippen LogP contribution in [0.1, 0.15) is 17.5 Å². The van der Waals surface area contributed by atoms with Crippen LogP contribution in [-0.4, -0.2) is 4.98 Å². The monoisotopic (exact) mass is 270 g/mol. The van der Waals surface area contributed by atoms with Crippen molar-refractivity contribution >= 4 is 28.4 Å². The van der Waals surface area contributed by atoms with Gasteiger partial charge in [-0.3, -0.25) is 0 Å². The van der Waals surface area contributed by atoms with Gasteiger partial charge in [-0.2, -0.15) is 0 Å². The van der Waals surface area contributed by atoms with Gasteiger partial charge < -0.3 is 9.73 Å². The van der Waals surface area contributed by atoms with Gasteiger partial charge in [-0.1, -0.05) is 35.9 Å². The lowest BCUT2D eigenvalue weighted by atomic mass is 10.1. The summed E-state index contributed by atoms with van der Waals surface area (Å²) >= 11 is 6.11. The van der Waals surface area contributed by atoms with Crippen molar-refractivity contribution in [1.82, 2.24) is 4.98 Å². The molecule has 1 aromatic heterocycles. The second kappa shape index (κ2) is 4.00. The van der Waals surface area contributed by atoms with Crippen LogP contribution >= 0.6 is 11.6 Å². The zero-order valence-electron chi connectivity index (χ0n) is 10.1. The fourth-order valence-electron chi connectivity index (χ4n) is 2.53. The molecule has 3 aromatic rings. The number of hydrogen-bond acceptors (Lipinski definition) is 3. The van der Waals surface area contributed by atoms with Crippen LogP contribution in [0.25, 0.3) is 11.1 Å². The highest BCUT2D eigenvalue weighted by molar-refractivity contribution is 6.34. The second-order valence-electron chi connectivity index (χ2n) is 4.70. The molecule has 0 saturated heterocycles. The van der Waals surface area contributed by atoms with E-state index in [1.807, 2.05) is 30.3 Å². The van der Waals surface area contributed by atoms with Crippen molar-refractivity contribution in [1.29, 1.82) is 0 Å². The van der Waals surface area contributed by atoms with Gasteiger partial charge in [0.25, 0.3) is 0 Å². The van der Waals surface area contributed by atoms with Crippen LogP contribution in [0.2, 0.25) is 5.02 Å². The van der Waals surface area contributed by atoms with Crippen molar-refractivity contribution in [3.63, 3.8) is 0 Å². The molecule has 0 fully saturated rings. The van der Waals surface area contributed by atoms with Crippen LogP contribution in [-0.2, 0) is 6.42 Å². The van der Waals surface area contributed by atoms with E-state index < -0.39 is 0 Å². The molecule has 4 heteroatoms. The van der Waals surface area contributed by atoms with Crippen LogP contribution in [0.15, 0.2) is 46.9 Å². The summed E-state index contributed by atoms with van der Waals surface area (Å²) < 4.78 is 5.81. The number of halogens is 1. The van der Waals surface area contributed by atoms with Gasteiger partial charge in [-0.05, 0) is 23.8 Å². The predicted octanol–water partition coefficient (Wildman–Crippen LogP) is 4.19. The minimum Gasteiger partial charge on any atom is -0.437 e. The fraction of sp³-hybridized carbons (Fsp3) is 0.133. The summed E-state index contributed by atoms with van der Waals surface area (Å²) in [6, 6.07) is 14.0.